The number of aliphatic hydroxyl groups excluding tert-OH is 1. The second kappa shape index (κ2) is 5.15. The molecule has 0 aromatic rings. The van der Waals surface area contributed by atoms with Crippen LogP contribution in [0.3, 0.4) is 0 Å². The van der Waals surface area contributed by atoms with Gasteiger partial charge in [0.2, 0.25) is 5.91 Å². The van der Waals surface area contributed by atoms with Gasteiger partial charge in [-0.15, -0.1) is 0 Å². The predicted octanol–water partition coefficient (Wildman–Crippen LogP) is 0.831. The van der Waals surface area contributed by atoms with Gasteiger partial charge in [-0.25, -0.2) is 0 Å². The molecule has 0 aromatic heterocycles. The summed E-state index contributed by atoms with van der Waals surface area (Å²) in [5, 5.41) is 12.4. The molecule has 0 bridgehead atoms. The Morgan fingerprint density at radius 1 is 1.25 bits per heavy atom. The zero-order valence-electron chi connectivity index (χ0n) is 9.82. The number of rotatable bonds is 2. The minimum Gasteiger partial charge on any atom is -0.393 e. The summed E-state index contributed by atoms with van der Waals surface area (Å²) in [7, 11) is 0. The summed E-state index contributed by atoms with van der Waals surface area (Å²) in [6.07, 6.45) is 3.91. The molecule has 2 unspecified atom stereocenters. The summed E-state index contributed by atoms with van der Waals surface area (Å²) in [5.41, 5.74) is 0. The average Bonchev–Trinajstić information content (AvgIpc) is 2.68. The molecule has 4 heteroatoms. The zero-order chi connectivity index (χ0) is 11.5. The predicted molar refractivity (Wildman–Crippen MR) is 59.9 cm³/mol. The highest BCUT2D eigenvalue weighted by molar-refractivity contribution is 5.81. The van der Waals surface area contributed by atoms with Crippen LogP contribution < -0.4 is 5.32 Å². The molecule has 4 nitrogen and oxygen atoms in total. The Morgan fingerprint density at radius 2 is 1.94 bits per heavy atom. The number of carbonyl (C=O) groups is 1. The number of amides is 1. The average molecular weight is 227 g/mol. The van der Waals surface area contributed by atoms with Crippen molar-refractivity contribution in [2.45, 2.75) is 57.3 Å². The molecule has 1 aliphatic heterocycles. The second-order valence-electron chi connectivity index (χ2n) is 5.07. The molecule has 1 amide bonds. The summed E-state index contributed by atoms with van der Waals surface area (Å²) < 4.78 is 5.43. The first-order valence-electron chi connectivity index (χ1n) is 6.27. The van der Waals surface area contributed by atoms with Gasteiger partial charge in [0, 0.05) is 12.6 Å². The summed E-state index contributed by atoms with van der Waals surface area (Å²) in [4.78, 5) is 11.9. The van der Waals surface area contributed by atoms with Crippen LogP contribution in [0, 0.1) is 5.92 Å². The molecule has 1 saturated heterocycles. The third-order valence-corrected chi connectivity index (χ3v) is 3.69. The molecule has 0 radical (unpaired) electrons. The lowest BCUT2D eigenvalue weighted by Crippen LogP contribution is -2.44. The van der Waals surface area contributed by atoms with Crippen molar-refractivity contribution in [1.82, 2.24) is 5.32 Å². The Bertz CT molecular complexity index is 249. The Morgan fingerprint density at radius 3 is 2.50 bits per heavy atom. The molecule has 1 saturated carbocycles. The van der Waals surface area contributed by atoms with Crippen molar-refractivity contribution in [2.24, 2.45) is 5.92 Å². The Balaban J connectivity index is 1.78. The van der Waals surface area contributed by atoms with Crippen LogP contribution >= 0.6 is 0 Å². The van der Waals surface area contributed by atoms with Crippen molar-refractivity contribution in [3.63, 3.8) is 0 Å². The van der Waals surface area contributed by atoms with Gasteiger partial charge < -0.3 is 15.2 Å². The molecule has 2 atom stereocenters. The maximum Gasteiger partial charge on any atom is 0.249 e. The van der Waals surface area contributed by atoms with Gasteiger partial charge in [0.15, 0.2) is 0 Å². The molecule has 0 aromatic carbocycles. The van der Waals surface area contributed by atoms with Gasteiger partial charge in [-0.05, 0) is 38.0 Å². The third kappa shape index (κ3) is 2.74. The van der Waals surface area contributed by atoms with E-state index in [1.807, 2.05) is 0 Å². The molecular weight excluding hydrogens is 206 g/mol. The lowest BCUT2D eigenvalue weighted by Gasteiger charge is -2.27. The van der Waals surface area contributed by atoms with E-state index in [1.165, 1.54) is 0 Å². The van der Waals surface area contributed by atoms with Crippen LogP contribution in [0.15, 0.2) is 0 Å². The number of aliphatic hydroxyl groups is 1. The molecule has 1 aliphatic carbocycles. The van der Waals surface area contributed by atoms with Crippen LogP contribution in [0.5, 0.6) is 0 Å². The van der Waals surface area contributed by atoms with Crippen LogP contribution in [0.4, 0.5) is 0 Å². The van der Waals surface area contributed by atoms with Crippen molar-refractivity contribution in [1.29, 1.82) is 0 Å². The molecule has 0 spiro atoms. The van der Waals surface area contributed by atoms with E-state index in [0.717, 1.165) is 32.1 Å². The van der Waals surface area contributed by atoms with Crippen molar-refractivity contribution in [2.75, 3.05) is 6.61 Å². The molecule has 2 N–H and O–H groups in total. The SMILES string of the molecule is CC1CCOC1C(=O)NC1CCC(O)CC1. The highest BCUT2D eigenvalue weighted by Crippen LogP contribution is 2.22. The summed E-state index contributed by atoms with van der Waals surface area (Å²) in [5.74, 6) is 0.362. The number of ether oxygens (including phenoxy) is 1. The van der Waals surface area contributed by atoms with Gasteiger partial charge in [0.1, 0.15) is 6.10 Å². The topological polar surface area (TPSA) is 58.6 Å². The van der Waals surface area contributed by atoms with Crippen molar-refractivity contribution < 1.29 is 14.6 Å². The first kappa shape index (κ1) is 11.9. The van der Waals surface area contributed by atoms with E-state index in [2.05, 4.69) is 12.2 Å². The maximum absolute atomic E-state index is 11.9. The highest BCUT2D eigenvalue weighted by Gasteiger charge is 2.32. The van der Waals surface area contributed by atoms with E-state index in [0.29, 0.717) is 12.5 Å². The van der Waals surface area contributed by atoms with E-state index < -0.39 is 0 Å². The summed E-state index contributed by atoms with van der Waals surface area (Å²) in [6, 6.07) is 0.229. The van der Waals surface area contributed by atoms with Gasteiger partial charge in [0.05, 0.1) is 6.10 Å². The van der Waals surface area contributed by atoms with E-state index in [1.54, 1.807) is 0 Å². The van der Waals surface area contributed by atoms with Crippen LogP contribution in [0.2, 0.25) is 0 Å². The van der Waals surface area contributed by atoms with Crippen LogP contribution in [-0.2, 0) is 9.53 Å². The second-order valence-corrected chi connectivity index (χ2v) is 5.07. The largest absolute Gasteiger partial charge is 0.393 e. The summed E-state index contributed by atoms with van der Waals surface area (Å²) in [6.45, 7) is 2.75. The normalized spacial score (nSPS) is 39.6. The lowest BCUT2D eigenvalue weighted by atomic mass is 9.92. The number of hydrogen-bond donors (Lipinski definition) is 2. The third-order valence-electron chi connectivity index (χ3n) is 3.69. The van der Waals surface area contributed by atoms with Gasteiger partial charge in [-0.1, -0.05) is 6.92 Å². The lowest BCUT2D eigenvalue weighted by molar-refractivity contribution is -0.132. The Labute approximate surface area is 96.4 Å². The fraction of sp³-hybridized carbons (Fsp3) is 0.917. The van der Waals surface area contributed by atoms with Gasteiger partial charge in [-0.3, -0.25) is 4.79 Å². The zero-order valence-corrected chi connectivity index (χ0v) is 9.82. The number of hydrogen-bond acceptors (Lipinski definition) is 3. The Hall–Kier alpha value is -0.610. The molecule has 16 heavy (non-hydrogen) atoms. The van der Waals surface area contributed by atoms with E-state index in [9.17, 15) is 9.90 Å². The quantitative estimate of drug-likeness (QED) is 0.734. The van der Waals surface area contributed by atoms with Crippen LogP contribution in [-0.4, -0.2) is 35.9 Å². The fourth-order valence-electron chi connectivity index (χ4n) is 2.53. The maximum atomic E-state index is 11.9. The molecule has 2 fully saturated rings. The standard InChI is InChI=1S/C12H21NO3/c1-8-6-7-16-11(8)12(15)13-9-2-4-10(14)5-3-9/h8-11,14H,2-7H2,1H3,(H,13,15). The van der Waals surface area contributed by atoms with Crippen molar-refractivity contribution in [3.05, 3.63) is 0 Å². The molecule has 2 aliphatic rings. The molecular formula is C12H21NO3. The monoisotopic (exact) mass is 227 g/mol. The first-order valence-corrected chi connectivity index (χ1v) is 6.27. The van der Waals surface area contributed by atoms with Gasteiger partial charge in [-0.2, -0.15) is 0 Å². The number of carbonyl (C=O) groups excluding carboxylic acids is 1. The highest BCUT2D eigenvalue weighted by atomic mass is 16.5. The van der Waals surface area contributed by atoms with E-state index in [-0.39, 0.29) is 24.2 Å². The fourth-order valence-corrected chi connectivity index (χ4v) is 2.53. The smallest absolute Gasteiger partial charge is 0.249 e. The minimum absolute atomic E-state index is 0.0337. The Kier molecular flexibility index (Phi) is 3.82. The number of nitrogens with one attached hydrogen (secondary N) is 1. The first-order chi connectivity index (χ1) is 7.66. The van der Waals surface area contributed by atoms with Crippen LogP contribution in [0.25, 0.3) is 0 Å². The van der Waals surface area contributed by atoms with Gasteiger partial charge >= 0.3 is 0 Å². The molecule has 1 heterocycles. The van der Waals surface area contributed by atoms with Crippen molar-refractivity contribution >= 4 is 5.91 Å². The van der Waals surface area contributed by atoms with Crippen molar-refractivity contribution in [3.8, 4) is 0 Å². The van der Waals surface area contributed by atoms with Gasteiger partial charge in [0.25, 0.3) is 0 Å². The van der Waals surface area contributed by atoms with E-state index >= 15 is 0 Å². The molecule has 2 rings (SSSR count). The van der Waals surface area contributed by atoms with Crippen LogP contribution in [0.1, 0.15) is 39.0 Å². The minimum atomic E-state index is -0.258. The van der Waals surface area contributed by atoms with E-state index in [4.69, 9.17) is 4.74 Å². The summed E-state index contributed by atoms with van der Waals surface area (Å²) >= 11 is 0. The molecule has 92 valence electrons.